The number of nitrogens with two attached hydrogens (primary N) is 1. The summed E-state index contributed by atoms with van der Waals surface area (Å²) >= 11 is 0. The quantitative estimate of drug-likeness (QED) is 0.755. The lowest BCUT2D eigenvalue weighted by atomic mass is 10.2. The predicted molar refractivity (Wildman–Crippen MR) is 63.9 cm³/mol. The third-order valence-electron chi connectivity index (χ3n) is 2.13. The van der Waals surface area contributed by atoms with Crippen LogP contribution >= 0.6 is 0 Å². The van der Waals surface area contributed by atoms with Gasteiger partial charge in [0.25, 0.3) is 0 Å². The highest BCUT2D eigenvalue weighted by atomic mass is 16.4. The van der Waals surface area contributed by atoms with E-state index in [4.69, 9.17) is 10.2 Å². The van der Waals surface area contributed by atoms with Crippen molar-refractivity contribution in [1.82, 2.24) is 0 Å². The van der Waals surface area contributed by atoms with Crippen molar-refractivity contribution in [3.63, 3.8) is 0 Å². The molecule has 0 radical (unpaired) electrons. The van der Waals surface area contributed by atoms with E-state index in [1.165, 1.54) is 6.07 Å². The van der Waals surface area contributed by atoms with Gasteiger partial charge in [-0.3, -0.25) is 0 Å². The second kappa shape index (κ2) is 4.10. The van der Waals surface area contributed by atoms with Crippen LogP contribution in [0.2, 0.25) is 0 Å². The van der Waals surface area contributed by atoms with Gasteiger partial charge in [-0.1, -0.05) is 12.1 Å². The average Bonchev–Trinajstić information content (AvgIpc) is 2.20. The molecule has 0 atom stereocenters. The molecular formula is C12H12N2O2. The summed E-state index contributed by atoms with van der Waals surface area (Å²) in [5.41, 5.74) is 7.48. The molecule has 0 bridgehead atoms. The lowest BCUT2D eigenvalue weighted by Crippen LogP contribution is -2.02. The Hall–Kier alpha value is -2.23. The lowest BCUT2D eigenvalue weighted by Gasteiger charge is -2.08. The highest BCUT2D eigenvalue weighted by molar-refractivity contribution is 5.72. The summed E-state index contributed by atoms with van der Waals surface area (Å²) < 4.78 is 4.86. The molecule has 4 heteroatoms. The summed E-state index contributed by atoms with van der Waals surface area (Å²) in [5.74, 6) is 0.560. The van der Waals surface area contributed by atoms with Crippen molar-refractivity contribution in [3.8, 4) is 0 Å². The molecule has 0 saturated carbocycles. The van der Waals surface area contributed by atoms with Crippen molar-refractivity contribution in [3.05, 3.63) is 52.6 Å². The smallest absolute Gasteiger partial charge is 0.337 e. The van der Waals surface area contributed by atoms with E-state index in [9.17, 15) is 4.79 Å². The van der Waals surface area contributed by atoms with Crippen LogP contribution in [0.15, 0.2) is 45.6 Å². The molecule has 0 fully saturated rings. The second-order valence-corrected chi connectivity index (χ2v) is 3.49. The molecule has 3 N–H and O–H groups in total. The van der Waals surface area contributed by atoms with Crippen molar-refractivity contribution in [2.75, 3.05) is 11.1 Å². The standard InChI is InChI=1S/C12H12N2O2/c1-8-6-9(7-12(15)16-8)14-11-5-3-2-4-10(11)13/h2-7,14H,13H2,1H3. The third-order valence-corrected chi connectivity index (χ3v) is 2.13. The Balaban J connectivity index is 2.34. The molecule has 2 rings (SSSR count). The van der Waals surface area contributed by atoms with Gasteiger partial charge in [-0.25, -0.2) is 4.79 Å². The molecule has 0 amide bonds. The van der Waals surface area contributed by atoms with E-state index in [2.05, 4.69) is 5.32 Å². The molecule has 2 aromatic rings. The molecular weight excluding hydrogens is 204 g/mol. The first-order valence-corrected chi connectivity index (χ1v) is 4.88. The molecule has 0 aliphatic rings. The zero-order chi connectivity index (χ0) is 11.5. The van der Waals surface area contributed by atoms with Crippen LogP contribution in [-0.4, -0.2) is 0 Å². The van der Waals surface area contributed by atoms with Crippen molar-refractivity contribution >= 4 is 17.1 Å². The van der Waals surface area contributed by atoms with Crippen LogP contribution in [0.1, 0.15) is 5.76 Å². The largest absolute Gasteiger partial charge is 0.428 e. The van der Waals surface area contributed by atoms with Gasteiger partial charge in [0, 0.05) is 17.8 Å². The monoisotopic (exact) mass is 216 g/mol. The number of rotatable bonds is 2. The minimum atomic E-state index is -0.378. The van der Waals surface area contributed by atoms with Gasteiger partial charge in [0.2, 0.25) is 0 Å². The van der Waals surface area contributed by atoms with Crippen molar-refractivity contribution in [1.29, 1.82) is 0 Å². The maximum absolute atomic E-state index is 11.1. The van der Waals surface area contributed by atoms with E-state index >= 15 is 0 Å². The van der Waals surface area contributed by atoms with Crippen LogP contribution in [0, 0.1) is 6.92 Å². The van der Waals surface area contributed by atoms with Gasteiger partial charge in [0.1, 0.15) is 5.76 Å². The topological polar surface area (TPSA) is 68.3 Å². The van der Waals surface area contributed by atoms with Crippen LogP contribution in [-0.2, 0) is 0 Å². The molecule has 0 saturated heterocycles. The summed E-state index contributed by atoms with van der Waals surface area (Å²) in [6, 6.07) is 10.5. The van der Waals surface area contributed by atoms with Gasteiger partial charge in [0.15, 0.2) is 0 Å². The second-order valence-electron chi connectivity index (χ2n) is 3.49. The number of aryl methyl sites for hydroxylation is 1. The van der Waals surface area contributed by atoms with Gasteiger partial charge < -0.3 is 15.5 Å². The Morgan fingerprint density at radius 3 is 2.69 bits per heavy atom. The van der Waals surface area contributed by atoms with Crippen molar-refractivity contribution in [2.24, 2.45) is 0 Å². The summed E-state index contributed by atoms with van der Waals surface area (Å²) in [6.45, 7) is 1.72. The molecule has 16 heavy (non-hydrogen) atoms. The van der Waals surface area contributed by atoms with E-state index in [-0.39, 0.29) is 5.63 Å². The van der Waals surface area contributed by atoms with Gasteiger partial charge in [0.05, 0.1) is 11.4 Å². The molecule has 1 aromatic carbocycles. The van der Waals surface area contributed by atoms with Crippen molar-refractivity contribution < 1.29 is 4.42 Å². The van der Waals surface area contributed by atoms with Crippen molar-refractivity contribution in [2.45, 2.75) is 6.92 Å². The van der Waals surface area contributed by atoms with E-state index in [0.29, 0.717) is 17.1 Å². The minimum Gasteiger partial charge on any atom is -0.428 e. The Kier molecular flexibility index (Phi) is 2.64. The average molecular weight is 216 g/mol. The fraction of sp³-hybridized carbons (Fsp3) is 0.0833. The SMILES string of the molecule is Cc1cc(Nc2ccccc2N)cc(=O)o1. The van der Waals surface area contributed by atoms with Crippen LogP contribution < -0.4 is 16.7 Å². The fourth-order valence-corrected chi connectivity index (χ4v) is 1.44. The molecule has 1 heterocycles. The summed E-state index contributed by atoms with van der Waals surface area (Å²) in [7, 11) is 0. The number of anilines is 3. The molecule has 0 spiro atoms. The normalized spacial score (nSPS) is 10.1. The Morgan fingerprint density at radius 2 is 2.00 bits per heavy atom. The number of hydrogen-bond donors (Lipinski definition) is 2. The van der Waals surface area contributed by atoms with E-state index in [1.807, 2.05) is 18.2 Å². The highest BCUT2D eigenvalue weighted by Crippen LogP contribution is 2.21. The van der Waals surface area contributed by atoms with E-state index < -0.39 is 0 Å². The predicted octanol–water partition coefficient (Wildman–Crippen LogP) is 2.27. The number of hydrogen-bond acceptors (Lipinski definition) is 4. The first kappa shape index (κ1) is 10.3. The Morgan fingerprint density at radius 1 is 1.25 bits per heavy atom. The Bertz CT molecular complexity index is 561. The number of nitrogens with one attached hydrogen (secondary N) is 1. The van der Waals surface area contributed by atoms with E-state index in [1.54, 1.807) is 19.1 Å². The zero-order valence-electron chi connectivity index (χ0n) is 8.86. The lowest BCUT2D eigenvalue weighted by molar-refractivity contribution is 0.481. The van der Waals surface area contributed by atoms with Gasteiger partial charge >= 0.3 is 5.63 Å². The molecule has 4 nitrogen and oxygen atoms in total. The van der Waals surface area contributed by atoms with Crippen LogP contribution in [0.5, 0.6) is 0 Å². The summed E-state index contributed by atoms with van der Waals surface area (Å²) in [6.07, 6.45) is 0. The first-order chi connectivity index (χ1) is 7.65. The number of benzene rings is 1. The summed E-state index contributed by atoms with van der Waals surface area (Å²) in [4.78, 5) is 11.1. The maximum atomic E-state index is 11.1. The van der Waals surface area contributed by atoms with Gasteiger partial charge in [-0.15, -0.1) is 0 Å². The molecule has 0 aliphatic carbocycles. The summed E-state index contributed by atoms with van der Waals surface area (Å²) in [5, 5.41) is 3.07. The maximum Gasteiger partial charge on any atom is 0.337 e. The van der Waals surface area contributed by atoms with Crippen LogP contribution in [0.3, 0.4) is 0 Å². The molecule has 1 aromatic heterocycles. The fourth-order valence-electron chi connectivity index (χ4n) is 1.44. The zero-order valence-corrected chi connectivity index (χ0v) is 8.86. The third kappa shape index (κ3) is 2.23. The number of para-hydroxylation sites is 2. The Labute approximate surface area is 92.7 Å². The minimum absolute atomic E-state index is 0.378. The van der Waals surface area contributed by atoms with Gasteiger partial charge in [-0.05, 0) is 19.1 Å². The van der Waals surface area contributed by atoms with Gasteiger partial charge in [-0.2, -0.15) is 0 Å². The van der Waals surface area contributed by atoms with Crippen LogP contribution in [0.25, 0.3) is 0 Å². The molecule has 0 unspecified atom stereocenters. The molecule has 0 aliphatic heterocycles. The number of nitrogen functional groups attached to an aromatic ring is 1. The first-order valence-electron chi connectivity index (χ1n) is 4.88. The van der Waals surface area contributed by atoms with Crippen LogP contribution in [0.4, 0.5) is 17.1 Å². The molecule has 82 valence electrons. The van der Waals surface area contributed by atoms with E-state index in [0.717, 1.165) is 5.69 Å². The highest BCUT2D eigenvalue weighted by Gasteiger charge is 2.01.